The number of nitro benzene ring substituents is 1. The van der Waals surface area contributed by atoms with Crippen LogP contribution < -0.4 is 0 Å². The topological polar surface area (TPSA) is 92.5 Å². The van der Waals surface area contributed by atoms with E-state index in [0.29, 0.717) is 12.2 Å². The molecule has 0 bridgehead atoms. The van der Waals surface area contributed by atoms with E-state index in [2.05, 4.69) is 0 Å². The van der Waals surface area contributed by atoms with Crippen LogP contribution in [0.15, 0.2) is 24.3 Å². The Labute approximate surface area is 107 Å². The lowest BCUT2D eigenvalue weighted by atomic mass is 10.0. The lowest BCUT2D eigenvalue weighted by Gasteiger charge is -2.18. The van der Waals surface area contributed by atoms with Crippen molar-refractivity contribution in [1.82, 2.24) is 0 Å². The largest absolute Gasteiger partial charge is 0.772 e. The smallest absolute Gasteiger partial charge is 0.269 e. The molecule has 6 nitrogen and oxygen atoms in total. The molecule has 0 amide bonds. The van der Waals surface area contributed by atoms with E-state index in [-0.39, 0.29) is 24.0 Å². The zero-order valence-corrected chi connectivity index (χ0v) is 10.7. The summed E-state index contributed by atoms with van der Waals surface area (Å²) in [6, 6.07) is 5.97. The number of rotatable bonds is 7. The minimum Gasteiger partial charge on any atom is -0.772 e. The third-order valence-corrected chi connectivity index (χ3v) is 3.09. The summed E-state index contributed by atoms with van der Waals surface area (Å²) < 4.78 is 26.8. The van der Waals surface area contributed by atoms with Crippen molar-refractivity contribution in [2.24, 2.45) is 0 Å². The van der Waals surface area contributed by atoms with Crippen molar-refractivity contribution in [3.63, 3.8) is 0 Å². The lowest BCUT2D eigenvalue weighted by Crippen LogP contribution is -2.15. The van der Waals surface area contributed by atoms with Gasteiger partial charge >= 0.3 is 0 Å². The molecule has 100 valence electrons. The van der Waals surface area contributed by atoms with Crippen molar-refractivity contribution in [2.75, 3.05) is 19.0 Å². The Morgan fingerprint density at radius 2 is 2.22 bits per heavy atom. The Morgan fingerprint density at radius 3 is 2.78 bits per heavy atom. The summed E-state index contributed by atoms with van der Waals surface area (Å²) in [5.41, 5.74) is 0.549. The van der Waals surface area contributed by atoms with Crippen LogP contribution in [0.25, 0.3) is 0 Å². The lowest BCUT2D eigenvalue weighted by molar-refractivity contribution is -0.384. The number of nitro groups is 1. The van der Waals surface area contributed by atoms with Gasteiger partial charge in [0.15, 0.2) is 0 Å². The van der Waals surface area contributed by atoms with Crippen LogP contribution in [0.1, 0.15) is 18.4 Å². The fourth-order valence-corrected chi connectivity index (χ4v) is 2.17. The molecule has 18 heavy (non-hydrogen) atoms. The number of hydrogen-bond acceptors (Lipinski definition) is 5. The van der Waals surface area contributed by atoms with Gasteiger partial charge in [0.25, 0.3) is 5.69 Å². The molecule has 0 aliphatic carbocycles. The first kappa shape index (κ1) is 14.7. The molecule has 0 aliphatic rings. The maximum absolute atomic E-state index is 10.8. The molecule has 0 heterocycles. The molecule has 0 aliphatic heterocycles. The first-order valence-corrected chi connectivity index (χ1v) is 6.67. The van der Waals surface area contributed by atoms with Gasteiger partial charge in [0.05, 0.1) is 11.5 Å². The van der Waals surface area contributed by atoms with Gasteiger partial charge in [0, 0.05) is 30.4 Å². The Balaban J connectivity index is 2.92. The van der Waals surface area contributed by atoms with Gasteiger partial charge in [0.1, 0.15) is 0 Å². The van der Waals surface area contributed by atoms with Gasteiger partial charge in [-0.2, -0.15) is 0 Å². The third-order valence-electron chi connectivity index (χ3n) is 2.41. The zero-order valence-electron chi connectivity index (χ0n) is 9.90. The van der Waals surface area contributed by atoms with Crippen LogP contribution in [0, 0.1) is 10.1 Å². The molecule has 2 atom stereocenters. The molecule has 0 fully saturated rings. The Hall–Kier alpha value is -1.31. The van der Waals surface area contributed by atoms with Gasteiger partial charge in [-0.05, 0) is 12.5 Å². The minimum atomic E-state index is -2.22. The van der Waals surface area contributed by atoms with E-state index in [0.717, 1.165) is 0 Å². The van der Waals surface area contributed by atoms with Crippen LogP contribution in [0.4, 0.5) is 5.69 Å². The van der Waals surface area contributed by atoms with Gasteiger partial charge in [-0.15, -0.1) is 0 Å². The van der Waals surface area contributed by atoms with E-state index in [1.807, 2.05) is 0 Å². The molecule has 0 saturated heterocycles. The first-order chi connectivity index (χ1) is 8.54. The fourth-order valence-electron chi connectivity index (χ4n) is 1.56. The van der Waals surface area contributed by atoms with E-state index < -0.39 is 16.0 Å². The third kappa shape index (κ3) is 4.52. The fraction of sp³-hybridized carbons (Fsp3) is 0.455. The highest BCUT2D eigenvalue weighted by atomic mass is 32.2. The summed E-state index contributed by atoms with van der Waals surface area (Å²) in [5, 5.41) is 10.7. The van der Waals surface area contributed by atoms with Crippen LogP contribution in [0.2, 0.25) is 0 Å². The summed E-state index contributed by atoms with van der Waals surface area (Å²) in [6.45, 7) is 2.50. The summed E-state index contributed by atoms with van der Waals surface area (Å²) in [4.78, 5) is 10.2. The second-order valence-electron chi connectivity index (χ2n) is 3.68. The van der Waals surface area contributed by atoms with Gasteiger partial charge < -0.3 is 9.29 Å². The number of nitrogens with zero attached hydrogens (tertiary/aromatic N) is 1. The number of non-ortho nitro benzene ring substituents is 1. The molecular weight excluding hydrogens is 258 g/mol. The molecule has 1 aromatic rings. The normalized spacial score (nSPS) is 14.1. The minimum absolute atomic E-state index is 0.0503. The molecule has 2 unspecified atom stereocenters. The molecule has 0 spiro atoms. The number of ether oxygens (including phenoxy) is 1. The second-order valence-corrected chi connectivity index (χ2v) is 4.62. The highest BCUT2D eigenvalue weighted by Crippen LogP contribution is 2.22. The van der Waals surface area contributed by atoms with Crippen LogP contribution in [-0.4, -0.2) is 32.7 Å². The summed E-state index contributed by atoms with van der Waals surface area (Å²) in [5.74, 6) is -0.496. The van der Waals surface area contributed by atoms with Crippen molar-refractivity contribution < 1.29 is 18.4 Å². The van der Waals surface area contributed by atoms with E-state index in [9.17, 15) is 18.9 Å². The highest BCUT2D eigenvalue weighted by molar-refractivity contribution is 7.79. The molecule has 1 aromatic carbocycles. The van der Waals surface area contributed by atoms with Crippen molar-refractivity contribution in [3.05, 3.63) is 39.9 Å². The van der Waals surface area contributed by atoms with Crippen molar-refractivity contribution in [2.45, 2.75) is 12.8 Å². The standard InChI is InChI=1S/C11H15NO5S/c1-2-17-7-10(8-18(15)16)9-4-3-5-11(6-9)12(13)14/h3-6,10H,2,7-8H2,1H3,(H,15,16)/p-1. The monoisotopic (exact) mass is 272 g/mol. The summed E-state index contributed by atoms with van der Waals surface area (Å²) in [6.07, 6.45) is 0. The van der Waals surface area contributed by atoms with Crippen molar-refractivity contribution >= 4 is 16.8 Å². The molecule has 0 N–H and O–H groups in total. The SMILES string of the molecule is CCOCC(CS(=O)[O-])c1cccc([N+](=O)[O-])c1. The Kier molecular flexibility index (Phi) is 5.90. The molecule has 0 aromatic heterocycles. The van der Waals surface area contributed by atoms with Crippen molar-refractivity contribution in [3.8, 4) is 0 Å². The first-order valence-electron chi connectivity index (χ1n) is 5.42. The molecule has 1 rings (SSSR count). The summed E-state index contributed by atoms with van der Waals surface area (Å²) in [7, 11) is 0. The Morgan fingerprint density at radius 1 is 1.50 bits per heavy atom. The van der Waals surface area contributed by atoms with E-state index >= 15 is 0 Å². The van der Waals surface area contributed by atoms with Crippen molar-refractivity contribution in [1.29, 1.82) is 0 Å². The molecule has 0 radical (unpaired) electrons. The maximum atomic E-state index is 10.8. The maximum Gasteiger partial charge on any atom is 0.269 e. The average molecular weight is 272 g/mol. The highest BCUT2D eigenvalue weighted by Gasteiger charge is 2.15. The second kappa shape index (κ2) is 7.20. The van der Waals surface area contributed by atoms with Crippen LogP contribution in [0.5, 0.6) is 0 Å². The predicted molar refractivity (Wildman–Crippen MR) is 66.1 cm³/mol. The Bertz CT molecular complexity index is 437. The molecule has 7 heteroatoms. The van der Waals surface area contributed by atoms with Gasteiger partial charge in [-0.3, -0.25) is 14.3 Å². The number of hydrogen-bond donors (Lipinski definition) is 0. The quantitative estimate of drug-likeness (QED) is 0.427. The predicted octanol–water partition coefficient (Wildman–Crippen LogP) is 1.59. The van der Waals surface area contributed by atoms with E-state index in [1.54, 1.807) is 19.1 Å². The van der Waals surface area contributed by atoms with E-state index in [4.69, 9.17) is 4.74 Å². The van der Waals surface area contributed by atoms with Crippen LogP contribution in [0.3, 0.4) is 0 Å². The van der Waals surface area contributed by atoms with E-state index in [1.165, 1.54) is 12.1 Å². The molecular formula is C11H14NO5S-. The summed E-state index contributed by atoms with van der Waals surface area (Å²) >= 11 is -2.22. The van der Waals surface area contributed by atoms with Gasteiger partial charge in [-0.25, -0.2) is 0 Å². The number of benzene rings is 1. The van der Waals surface area contributed by atoms with Gasteiger partial charge in [0.2, 0.25) is 0 Å². The average Bonchev–Trinajstić information content (AvgIpc) is 2.34. The van der Waals surface area contributed by atoms with Crippen LogP contribution in [-0.2, 0) is 15.8 Å². The molecule has 0 saturated carbocycles. The zero-order chi connectivity index (χ0) is 13.5. The van der Waals surface area contributed by atoms with Crippen LogP contribution >= 0.6 is 0 Å². The van der Waals surface area contributed by atoms with Gasteiger partial charge in [-0.1, -0.05) is 23.2 Å².